The third-order valence-electron chi connectivity index (χ3n) is 4.49. The summed E-state index contributed by atoms with van der Waals surface area (Å²) >= 11 is 6.12. The standard InChI is InChI=1S/C17H23ClN4O2/c1-12(17-20-19-13(2)24-17)22-8-6-21(7-9-22)11-14-10-15(18)4-5-16(14)23-3/h4-5,10,12H,6-9,11H2,1-3H3. The number of hydrogen-bond acceptors (Lipinski definition) is 6. The molecule has 3 rings (SSSR count). The molecule has 0 saturated carbocycles. The van der Waals surface area contributed by atoms with Gasteiger partial charge in [0.2, 0.25) is 11.8 Å². The van der Waals surface area contributed by atoms with Crippen LogP contribution in [0.2, 0.25) is 5.02 Å². The fourth-order valence-corrected chi connectivity index (χ4v) is 3.25. The monoisotopic (exact) mass is 350 g/mol. The Balaban J connectivity index is 1.58. The molecule has 0 bridgehead atoms. The number of benzene rings is 1. The molecule has 0 radical (unpaired) electrons. The Hall–Kier alpha value is -1.63. The van der Waals surface area contributed by atoms with E-state index in [0.29, 0.717) is 11.8 Å². The van der Waals surface area contributed by atoms with Crippen molar-refractivity contribution in [2.45, 2.75) is 26.4 Å². The lowest BCUT2D eigenvalue weighted by Crippen LogP contribution is -2.46. The van der Waals surface area contributed by atoms with Gasteiger partial charge in [-0.2, -0.15) is 0 Å². The Labute approximate surface area is 147 Å². The van der Waals surface area contributed by atoms with Crippen molar-refractivity contribution in [2.75, 3.05) is 33.3 Å². The summed E-state index contributed by atoms with van der Waals surface area (Å²) in [5.41, 5.74) is 1.12. The third kappa shape index (κ3) is 3.88. The van der Waals surface area contributed by atoms with Crippen LogP contribution in [0.15, 0.2) is 22.6 Å². The first-order valence-electron chi connectivity index (χ1n) is 8.15. The summed E-state index contributed by atoms with van der Waals surface area (Å²) in [4.78, 5) is 4.79. The van der Waals surface area contributed by atoms with Gasteiger partial charge in [0.15, 0.2) is 0 Å². The van der Waals surface area contributed by atoms with E-state index in [1.165, 1.54) is 0 Å². The van der Waals surface area contributed by atoms with E-state index in [0.717, 1.165) is 49.1 Å². The number of aryl methyl sites for hydroxylation is 1. The molecule has 0 aliphatic carbocycles. The number of methoxy groups -OCH3 is 1. The molecule has 2 heterocycles. The van der Waals surface area contributed by atoms with Crippen LogP contribution < -0.4 is 4.74 Å². The Bertz CT molecular complexity index is 683. The summed E-state index contributed by atoms with van der Waals surface area (Å²) in [6, 6.07) is 5.91. The van der Waals surface area contributed by atoms with Crippen LogP contribution in [0.3, 0.4) is 0 Å². The molecule has 2 aromatic rings. The van der Waals surface area contributed by atoms with Gasteiger partial charge in [0.1, 0.15) is 5.75 Å². The smallest absolute Gasteiger partial charge is 0.233 e. The first kappa shape index (κ1) is 17.2. The third-order valence-corrected chi connectivity index (χ3v) is 4.73. The normalized spacial score (nSPS) is 17.8. The predicted molar refractivity (Wildman–Crippen MR) is 92.3 cm³/mol. The first-order chi connectivity index (χ1) is 11.6. The molecule has 1 aliphatic rings. The molecule has 0 amide bonds. The summed E-state index contributed by atoms with van der Waals surface area (Å²) in [6.45, 7) is 8.66. The van der Waals surface area contributed by atoms with Gasteiger partial charge < -0.3 is 9.15 Å². The van der Waals surface area contributed by atoms with Crippen LogP contribution in [0.25, 0.3) is 0 Å². The van der Waals surface area contributed by atoms with Gasteiger partial charge in [0.25, 0.3) is 0 Å². The van der Waals surface area contributed by atoms with Gasteiger partial charge >= 0.3 is 0 Å². The molecule has 0 spiro atoms. The van der Waals surface area contributed by atoms with E-state index in [9.17, 15) is 0 Å². The van der Waals surface area contributed by atoms with Crippen molar-refractivity contribution < 1.29 is 9.15 Å². The van der Waals surface area contributed by atoms with Crippen LogP contribution in [0.4, 0.5) is 0 Å². The van der Waals surface area contributed by atoms with Crippen molar-refractivity contribution in [3.63, 3.8) is 0 Å². The molecule has 1 aromatic heterocycles. The zero-order valence-corrected chi connectivity index (χ0v) is 15.1. The first-order valence-corrected chi connectivity index (χ1v) is 8.53. The number of halogens is 1. The number of piperazine rings is 1. The molecule has 7 heteroatoms. The minimum absolute atomic E-state index is 0.147. The molecule has 1 aliphatic heterocycles. The van der Waals surface area contributed by atoms with Gasteiger partial charge in [0.05, 0.1) is 13.2 Å². The number of hydrogen-bond donors (Lipinski definition) is 0. The second-order valence-corrected chi connectivity index (χ2v) is 6.54. The maximum absolute atomic E-state index is 6.12. The van der Waals surface area contributed by atoms with Crippen molar-refractivity contribution >= 4 is 11.6 Å². The summed E-state index contributed by atoms with van der Waals surface area (Å²) in [6.07, 6.45) is 0. The zero-order chi connectivity index (χ0) is 17.1. The SMILES string of the molecule is COc1ccc(Cl)cc1CN1CCN(C(C)c2nnc(C)o2)CC1. The molecular weight excluding hydrogens is 328 g/mol. The van der Waals surface area contributed by atoms with Crippen molar-refractivity contribution in [3.8, 4) is 5.75 Å². The van der Waals surface area contributed by atoms with Gasteiger partial charge in [-0.05, 0) is 25.1 Å². The van der Waals surface area contributed by atoms with E-state index in [1.807, 2.05) is 25.1 Å². The second-order valence-electron chi connectivity index (χ2n) is 6.10. The van der Waals surface area contributed by atoms with E-state index in [-0.39, 0.29) is 6.04 Å². The maximum Gasteiger partial charge on any atom is 0.233 e. The highest BCUT2D eigenvalue weighted by Crippen LogP contribution is 2.25. The highest BCUT2D eigenvalue weighted by molar-refractivity contribution is 6.30. The molecule has 130 valence electrons. The summed E-state index contributed by atoms with van der Waals surface area (Å²) in [5.74, 6) is 2.19. The minimum atomic E-state index is 0.147. The number of ether oxygens (including phenoxy) is 1. The molecule has 1 fully saturated rings. The molecule has 1 saturated heterocycles. The van der Waals surface area contributed by atoms with E-state index < -0.39 is 0 Å². The Morgan fingerprint density at radius 3 is 2.62 bits per heavy atom. The molecule has 1 atom stereocenters. The lowest BCUT2D eigenvalue weighted by atomic mass is 10.1. The van der Waals surface area contributed by atoms with Gasteiger partial charge in [-0.25, -0.2) is 0 Å². The second kappa shape index (κ2) is 7.51. The van der Waals surface area contributed by atoms with Crippen LogP contribution in [0.5, 0.6) is 5.75 Å². The fraction of sp³-hybridized carbons (Fsp3) is 0.529. The lowest BCUT2D eigenvalue weighted by Gasteiger charge is -2.37. The molecular formula is C17H23ClN4O2. The largest absolute Gasteiger partial charge is 0.496 e. The summed E-state index contributed by atoms with van der Waals surface area (Å²) < 4.78 is 11.0. The van der Waals surface area contributed by atoms with Gasteiger partial charge in [-0.1, -0.05) is 11.6 Å². The van der Waals surface area contributed by atoms with Crippen molar-refractivity contribution in [2.24, 2.45) is 0 Å². The average molecular weight is 351 g/mol. The van der Waals surface area contributed by atoms with Crippen LogP contribution in [-0.4, -0.2) is 53.3 Å². The van der Waals surface area contributed by atoms with Gasteiger partial charge in [-0.15, -0.1) is 10.2 Å². The minimum Gasteiger partial charge on any atom is -0.496 e. The fourth-order valence-electron chi connectivity index (χ4n) is 3.06. The topological polar surface area (TPSA) is 54.6 Å². The average Bonchev–Trinajstić information content (AvgIpc) is 3.02. The predicted octanol–water partition coefficient (Wildman–Crippen LogP) is 2.92. The Kier molecular flexibility index (Phi) is 5.38. The number of aromatic nitrogens is 2. The molecule has 1 unspecified atom stereocenters. The lowest BCUT2D eigenvalue weighted by molar-refractivity contribution is 0.0865. The Morgan fingerprint density at radius 1 is 1.25 bits per heavy atom. The zero-order valence-electron chi connectivity index (χ0n) is 14.3. The molecule has 24 heavy (non-hydrogen) atoms. The summed E-state index contributed by atoms with van der Waals surface area (Å²) in [5, 5.41) is 8.80. The summed E-state index contributed by atoms with van der Waals surface area (Å²) in [7, 11) is 1.69. The van der Waals surface area contributed by atoms with Crippen LogP contribution in [0, 0.1) is 6.92 Å². The van der Waals surface area contributed by atoms with Crippen molar-refractivity contribution in [3.05, 3.63) is 40.6 Å². The highest BCUT2D eigenvalue weighted by Gasteiger charge is 2.25. The van der Waals surface area contributed by atoms with Crippen molar-refractivity contribution in [1.29, 1.82) is 0 Å². The van der Waals surface area contributed by atoms with Gasteiger partial charge in [0, 0.05) is 50.2 Å². The van der Waals surface area contributed by atoms with Gasteiger partial charge in [-0.3, -0.25) is 9.80 Å². The molecule has 0 N–H and O–H groups in total. The Morgan fingerprint density at radius 2 is 2.00 bits per heavy atom. The number of rotatable bonds is 5. The van der Waals surface area contributed by atoms with E-state index in [2.05, 4.69) is 26.9 Å². The molecule has 6 nitrogen and oxygen atoms in total. The molecule has 1 aromatic carbocycles. The van der Waals surface area contributed by atoms with Crippen LogP contribution >= 0.6 is 11.6 Å². The quantitative estimate of drug-likeness (QED) is 0.826. The maximum atomic E-state index is 6.12. The highest BCUT2D eigenvalue weighted by atomic mass is 35.5. The number of nitrogens with zero attached hydrogens (tertiary/aromatic N) is 4. The van der Waals surface area contributed by atoms with Crippen LogP contribution in [-0.2, 0) is 6.54 Å². The van der Waals surface area contributed by atoms with E-state index in [4.69, 9.17) is 20.8 Å². The van der Waals surface area contributed by atoms with E-state index >= 15 is 0 Å². The van der Waals surface area contributed by atoms with Crippen LogP contribution in [0.1, 0.15) is 30.3 Å². The van der Waals surface area contributed by atoms with Crippen molar-refractivity contribution in [1.82, 2.24) is 20.0 Å². The van der Waals surface area contributed by atoms with E-state index in [1.54, 1.807) is 7.11 Å².